The Morgan fingerprint density at radius 2 is 2.18 bits per heavy atom. The third kappa shape index (κ3) is 2.46. The van der Waals surface area contributed by atoms with Crippen LogP contribution >= 0.6 is 11.6 Å². The summed E-state index contributed by atoms with van der Waals surface area (Å²) in [5, 5.41) is 0.614. The number of para-hydroxylation sites is 1. The molecule has 6 heteroatoms. The van der Waals surface area contributed by atoms with E-state index in [1.54, 1.807) is 6.20 Å². The summed E-state index contributed by atoms with van der Waals surface area (Å²) in [7, 11) is 1.90. The van der Waals surface area contributed by atoms with Crippen LogP contribution in [0.25, 0.3) is 0 Å². The lowest BCUT2D eigenvalue weighted by molar-refractivity contribution is -0.119. The molecule has 0 spiro atoms. The quantitative estimate of drug-likeness (QED) is 0.945. The second kappa shape index (κ2) is 5.65. The molecule has 0 fully saturated rings. The molecule has 0 unspecified atom stereocenters. The van der Waals surface area contributed by atoms with Gasteiger partial charge in [-0.25, -0.2) is 4.98 Å². The first-order chi connectivity index (χ1) is 10.5. The standard InChI is InChI=1S/C16H19ClN4O/c1-10-7-12(16(18)22)11-5-3-4-6-13(11)21(10)9-15-19-8-14(17)20(15)2/h3-6,8,10,12H,7,9H2,1-2H3,(H2,18,22)/t10-,12+/m0/s1. The summed E-state index contributed by atoms with van der Waals surface area (Å²) in [4.78, 5) is 18.4. The summed E-state index contributed by atoms with van der Waals surface area (Å²) in [6.45, 7) is 2.75. The highest BCUT2D eigenvalue weighted by Crippen LogP contribution is 2.38. The first kappa shape index (κ1) is 14.9. The Kier molecular flexibility index (Phi) is 3.83. The number of imidazole rings is 1. The van der Waals surface area contributed by atoms with E-state index in [0.29, 0.717) is 18.1 Å². The van der Waals surface area contributed by atoms with Crippen molar-refractivity contribution in [2.45, 2.75) is 31.8 Å². The summed E-state index contributed by atoms with van der Waals surface area (Å²) in [5.74, 6) is 0.399. The lowest BCUT2D eigenvalue weighted by atomic mass is 9.85. The topological polar surface area (TPSA) is 64.2 Å². The molecular formula is C16H19ClN4O. The van der Waals surface area contributed by atoms with Crippen LogP contribution in [0.3, 0.4) is 0 Å². The first-order valence-electron chi connectivity index (χ1n) is 7.30. The van der Waals surface area contributed by atoms with Gasteiger partial charge in [0, 0.05) is 18.8 Å². The minimum Gasteiger partial charge on any atom is -0.369 e. The summed E-state index contributed by atoms with van der Waals surface area (Å²) >= 11 is 6.07. The van der Waals surface area contributed by atoms with Crippen molar-refractivity contribution in [2.24, 2.45) is 12.8 Å². The monoisotopic (exact) mass is 318 g/mol. The number of rotatable bonds is 3. The third-order valence-electron chi connectivity index (χ3n) is 4.41. The number of hydrogen-bond donors (Lipinski definition) is 1. The van der Waals surface area contributed by atoms with Crippen LogP contribution in [0.15, 0.2) is 30.5 Å². The number of anilines is 1. The van der Waals surface area contributed by atoms with Gasteiger partial charge in [-0.3, -0.25) is 4.79 Å². The fourth-order valence-corrected chi connectivity index (χ4v) is 3.26. The average Bonchev–Trinajstić information content (AvgIpc) is 2.81. The highest BCUT2D eigenvalue weighted by atomic mass is 35.5. The normalized spacial score (nSPS) is 20.8. The van der Waals surface area contributed by atoms with Gasteiger partial charge in [0.05, 0.1) is 18.7 Å². The van der Waals surface area contributed by atoms with Crippen LogP contribution in [0, 0.1) is 0 Å². The van der Waals surface area contributed by atoms with E-state index in [-0.39, 0.29) is 17.9 Å². The number of amides is 1. The van der Waals surface area contributed by atoms with Gasteiger partial charge in [-0.2, -0.15) is 0 Å². The number of carbonyl (C=O) groups is 1. The zero-order chi connectivity index (χ0) is 15.9. The number of nitrogens with zero attached hydrogens (tertiary/aromatic N) is 3. The van der Waals surface area contributed by atoms with Crippen molar-refractivity contribution in [3.63, 3.8) is 0 Å². The Morgan fingerprint density at radius 3 is 2.82 bits per heavy atom. The van der Waals surface area contributed by atoms with Crippen molar-refractivity contribution < 1.29 is 4.79 Å². The predicted octanol–water partition coefficient (Wildman–Crippen LogP) is 2.44. The van der Waals surface area contributed by atoms with Crippen molar-refractivity contribution in [1.29, 1.82) is 0 Å². The van der Waals surface area contributed by atoms with Crippen molar-refractivity contribution in [3.05, 3.63) is 47.0 Å². The molecule has 0 bridgehead atoms. The molecule has 1 aromatic heterocycles. The van der Waals surface area contributed by atoms with Gasteiger partial charge < -0.3 is 15.2 Å². The minimum atomic E-state index is -0.265. The van der Waals surface area contributed by atoms with Gasteiger partial charge in [-0.1, -0.05) is 29.8 Å². The zero-order valence-electron chi connectivity index (χ0n) is 12.7. The molecule has 1 aliphatic heterocycles. The Hall–Kier alpha value is -2.01. The fraction of sp³-hybridized carbons (Fsp3) is 0.375. The van der Waals surface area contributed by atoms with Crippen LogP contribution in [0.4, 0.5) is 5.69 Å². The summed E-state index contributed by atoms with van der Waals surface area (Å²) in [5.41, 5.74) is 7.62. The summed E-state index contributed by atoms with van der Waals surface area (Å²) < 4.78 is 1.87. The highest BCUT2D eigenvalue weighted by Gasteiger charge is 2.33. The molecule has 2 atom stereocenters. The molecule has 3 rings (SSSR count). The van der Waals surface area contributed by atoms with Gasteiger partial charge in [0.25, 0.3) is 0 Å². The van der Waals surface area contributed by atoms with Crippen molar-refractivity contribution in [1.82, 2.24) is 9.55 Å². The molecule has 0 saturated carbocycles. The van der Waals surface area contributed by atoms with Crippen LogP contribution in [0.1, 0.15) is 30.7 Å². The number of benzene rings is 1. The lowest BCUT2D eigenvalue weighted by Gasteiger charge is -2.39. The summed E-state index contributed by atoms with van der Waals surface area (Å²) in [6, 6.07) is 8.14. The second-order valence-corrected chi connectivity index (χ2v) is 6.17. The van der Waals surface area contributed by atoms with Gasteiger partial charge in [0.15, 0.2) is 0 Å². The van der Waals surface area contributed by atoms with Crippen LogP contribution in [0.2, 0.25) is 5.15 Å². The fourth-order valence-electron chi connectivity index (χ4n) is 3.11. The second-order valence-electron chi connectivity index (χ2n) is 5.78. The molecule has 1 aliphatic rings. The van der Waals surface area contributed by atoms with Crippen molar-refractivity contribution in [3.8, 4) is 0 Å². The molecule has 2 heterocycles. The zero-order valence-corrected chi connectivity index (χ0v) is 13.4. The molecular weight excluding hydrogens is 300 g/mol. The number of halogens is 1. The summed E-state index contributed by atoms with van der Waals surface area (Å²) in [6.07, 6.45) is 2.37. The van der Waals surface area contributed by atoms with Crippen LogP contribution in [-0.4, -0.2) is 21.5 Å². The van der Waals surface area contributed by atoms with E-state index in [2.05, 4.69) is 16.8 Å². The smallest absolute Gasteiger partial charge is 0.225 e. The lowest BCUT2D eigenvalue weighted by Crippen LogP contribution is -2.41. The van der Waals surface area contributed by atoms with Crippen molar-refractivity contribution >= 4 is 23.2 Å². The first-order valence-corrected chi connectivity index (χ1v) is 7.67. The molecule has 116 valence electrons. The van der Waals surface area contributed by atoms with Gasteiger partial charge in [0.1, 0.15) is 11.0 Å². The molecule has 1 amide bonds. The van der Waals surface area contributed by atoms with Crippen LogP contribution < -0.4 is 10.6 Å². The number of primary amides is 1. The van der Waals surface area contributed by atoms with E-state index < -0.39 is 0 Å². The number of hydrogen-bond acceptors (Lipinski definition) is 3. The maximum absolute atomic E-state index is 11.8. The Balaban J connectivity index is 1.99. The molecule has 0 aliphatic carbocycles. The Labute approximate surface area is 134 Å². The maximum Gasteiger partial charge on any atom is 0.225 e. The van der Waals surface area contributed by atoms with E-state index >= 15 is 0 Å². The SMILES string of the molecule is C[C@H]1C[C@@H](C(N)=O)c2ccccc2N1Cc1ncc(Cl)n1C. The largest absolute Gasteiger partial charge is 0.369 e. The van der Waals surface area contributed by atoms with Gasteiger partial charge in [-0.15, -0.1) is 0 Å². The van der Waals surface area contributed by atoms with E-state index in [9.17, 15) is 4.79 Å². The van der Waals surface area contributed by atoms with Crippen molar-refractivity contribution in [2.75, 3.05) is 4.90 Å². The highest BCUT2D eigenvalue weighted by molar-refractivity contribution is 6.29. The van der Waals surface area contributed by atoms with E-state index in [4.69, 9.17) is 17.3 Å². The molecule has 2 N–H and O–H groups in total. The van der Waals surface area contributed by atoms with Gasteiger partial charge >= 0.3 is 0 Å². The number of nitrogens with two attached hydrogens (primary N) is 1. The van der Waals surface area contributed by atoms with E-state index in [0.717, 1.165) is 17.1 Å². The average molecular weight is 319 g/mol. The predicted molar refractivity (Wildman–Crippen MR) is 86.9 cm³/mol. The third-order valence-corrected chi connectivity index (χ3v) is 4.76. The van der Waals surface area contributed by atoms with Crippen LogP contribution in [-0.2, 0) is 18.4 Å². The molecule has 5 nitrogen and oxygen atoms in total. The van der Waals surface area contributed by atoms with E-state index in [1.807, 2.05) is 35.9 Å². The molecule has 22 heavy (non-hydrogen) atoms. The number of fused-ring (bicyclic) bond motifs is 1. The van der Waals surface area contributed by atoms with E-state index in [1.165, 1.54) is 0 Å². The molecule has 0 radical (unpaired) electrons. The van der Waals surface area contributed by atoms with Crippen LogP contribution in [0.5, 0.6) is 0 Å². The number of aromatic nitrogens is 2. The number of carbonyl (C=O) groups excluding carboxylic acids is 1. The maximum atomic E-state index is 11.8. The molecule has 0 saturated heterocycles. The molecule has 2 aromatic rings. The minimum absolute atomic E-state index is 0.197. The molecule has 1 aromatic carbocycles. The Bertz CT molecular complexity index is 712. The van der Waals surface area contributed by atoms with Gasteiger partial charge in [-0.05, 0) is 25.0 Å². The Morgan fingerprint density at radius 1 is 1.45 bits per heavy atom. The van der Waals surface area contributed by atoms with Gasteiger partial charge in [0.2, 0.25) is 5.91 Å².